The van der Waals surface area contributed by atoms with E-state index in [2.05, 4.69) is 10.3 Å². The van der Waals surface area contributed by atoms with Crippen LogP contribution in [0.15, 0.2) is 87.2 Å². The molecular formula is C24H16ClN3O2S2. The number of hydrogen-bond acceptors (Lipinski definition) is 6. The lowest BCUT2D eigenvalue weighted by Gasteiger charge is -2.00. The first-order valence-electron chi connectivity index (χ1n) is 9.52. The number of nitriles is 1. The van der Waals surface area contributed by atoms with Gasteiger partial charge in [-0.1, -0.05) is 65.8 Å². The van der Waals surface area contributed by atoms with Crippen molar-refractivity contribution in [2.45, 2.75) is 10.8 Å². The van der Waals surface area contributed by atoms with Gasteiger partial charge in [0.2, 0.25) is 0 Å². The molecule has 0 saturated carbocycles. The summed E-state index contributed by atoms with van der Waals surface area (Å²) in [5, 5.41) is 15.8. The van der Waals surface area contributed by atoms with Gasteiger partial charge in [-0.25, -0.2) is 4.98 Å². The van der Waals surface area contributed by atoms with E-state index in [9.17, 15) is 10.1 Å². The van der Waals surface area contributed by atoms with Crippen LogP contribution in [0.25, 0.3) is 17.3 Å². The molecule has 0 aliphatic heterocycles. The molecule has 1 N–H and O–H groups in total. The topological polar surface area (TPSA) is 78.9 Å². The van der Waals surface area contributed by atoms with Crippen LogP contribution >= 0.6 is 34.7 Å². The number of hydrogen-bond donors (Lipinski definition) is 1. The summed E-state index contributed by atoms with van der Waals surface area (Å²) in [7, 11) is 0. The maximum Gasteiger partial charge on any atom is 0.268 e. The van der Waals surface area contributed by atoms with Gasteiger partial charge in [0.25, 0.3) is 5.91 Å². The highest BCUT2D eigenvalue weighted by Crippen LogP contribution is 2.27. The summed E-state index contributed by atoms with van der Waals surface area (Å²) in [5.41, 5.74) is 2.77. The van der Waals surface area contributed by atoms with E-state index >= 15 is 0 Å². The van der Waals surface area contributed by atoms with Crippen LogP contribution in [0, 0.1) is 11.3 Å². The second-order valence-electron chi connectivity index (χ2n) is 6.60. The number of aromatic nitrogens is 1. The molecule has 1 amide bonds. The number of thiazole rings is 1. The highest BCUT2D eigenvalue weighted by Gasteiger charge is 2.14. The lowest BCUT2D eigenvalue weighted by atomic mass is 10.2. The predicted molar refractivity (Wildman–Crippen MR) is 129 cm³/mol. The van der Waals surface area contributed by atoms with Crippen LogP contribution < -0.4 is 5.32 Å². The van der Waals surface area contributed by atoms with Gasteiger partial charge < -0.3 is 4.42 Å². The van der Waals surface area contributed by atoms with E-state index in [1.807, 2.05) is 72.1 Å². The van der Waals surface area contributed by atoms with Crippen molar-refractivity contribution in [3.05, 3.63) is 94.0 Å². The predicted octanol–water partition coefficient (Wildman–Crippen LogP) is 6.89. The van der Waals surface area contributed by atoms with Crippen LogP contribution in [0.3, 0.4) is 0 Å². The number of benzene rings is 2. The van der Waals surface area contributed by atoms with Crippen molar-refractivity contribution in [3.8, 4) is 17.3 Å². The molecule has 8 heteroatoms. The first kappa shape index (κ1) is 21.9. The molecule has 4 rings (SSSR count). The molecule has 5 nitrogen and oxygen atoms in total. The Morgan fingerprint density at radius 1 is 1.16 bits per heavy atom. The Morgan fingerprint density at radius 3 is 2.69 bits per heavy atom. The summed E-state index contributed by atoms with van der Waals surface area (Å²) in [6, 6.07) is 22.7. The van der Waals surface area contributed by atoms with Crippen LogP contribution in [0.1, 0.15) is 11.3 Å². The van der Waals surface area contributed by atoms with E-state index in [0.717, 1.165) is 16.8 Å². The van der Waals surface area contributed by atoms with E-state index in [1.165, 1.54) is 29.2 Å². The summed E-state index contributed by atoms with van der Waals surface area (Å²) in [5.74, 6) is 0.611. The van der Waals surface area contributed by atoms with Gasteiger partial charge >= 0.3 is 0 Å². The molecule has 0 saturated heterocycles. The van der Waals surface area contributed by atoms with E-state index in [4.69, 9.17) is 16.0 Å². The van der Waals surface area contributed by atoms with Gasteiger partial charge in [-0.3, -0.25) is 10.1 Å². The summed E-state index contributed by atoms with van der Waals surface area (Å²) < 4.78 is 5.74. The van der Waals surface area contributed by atoms with Gasteiger partial charge in [0.15, 0.2) is 10.2 Å². The molecule has 0 spiro atoms. The molecule has 0 bridgehead atoms. The standard InChI is InChI=1S/C24H16ClN3O2S2/c25-19-8-6-16(7-9-19)14-31-22-11-10-20(30-22)12-18(13-26)23(29)28-24-27-21(15-32-24)17-4-2-1-3-5-17/h1-12,15H,14H2,(H,27,28,29)/b18-12-. The smallest absolute Gasteiger partial charge is 0.268 e. The van der Waals surface area contributed by atoms with Crippen molar-refractivity contribution in [3.63, 3.8) is 0 Å². The number of anilines is 1. The molecule has 2 aromatic heterocycles. The maximum atomic E-state index is 12.5. The summed E-state index contributed by atoms with van der Waals surface area (Å²) in [4.78, 5) is 17.0. The quantitative estimate of drug-likeness (QED) is 0.178. The fraction of sp³-hybridized carbons (Fsp3) is 0.0417. The molecule has 0 aliphatic carbocycles. The first-order valence-corrected chi connectivity index (χ1v) is 11.8. The molecule has 0 radical (unpaired) electrons. The number of halogens is 1. The van der Waals surface area contributed by atoms with Crippen molar-refractivity contribution in [2.24, 2.45) is 0 Å². The molecule has 2 aromatic carbocycles. The number of thioether (sulfide) groups is 1. The van der Waals surface area contributed by atoms with Gasteiger partial charge in [-0.15, -0.1) is 11.3 Å². The SMILES string of the molecule is N#C/C(=C/c1ccc(SCc2ccc(Cl)cc2)o1)C(=O)Nc1nc(-c2ccccc2)cs1. The number of furan rings is 1. The highest BCUT2D eigenvalue weighted by molar-refractivity contribution is 7.98. The van der Waals surface area contributed by atoms with Gasteiger partial charge in [-0.05, 0) is 29.8 Å². The molecule has 0 unspecified atom stereocenters. The van der Waals surface area contributed by atoms with Gasteiger partial charge in [0, 0.05) is 27.8 Å². The molecule has 158 valence electrons. The molecule has 0 atom stereocenters. The lowest BCUT2D eigenvalue weighted by Crippen LogP contribution is -2.13. The third kappa shape index (κ3) is 5.68. The largest absolute Gasteiger partial charge is 0.450 e. The Kier molecular flexibility index (Phi) is 7.07. The van der Waals surface area contributed by atoms with E-state index < -0.39 is 5.91 Å². The zero-order valence-electron chi connectivity index (χ0n) is 16.6. The Hall–Kier alpha value is -3.31. The van der Waals surface area contributed by atoms with Crippen LogP contribution in [0.5, 0.6) is 0 Å². The van der Waals surface area contributed by atoms with E-state index in [-0.39, 0.29) is 5.57 Å². The van der Waals surface area contributed by atoms with Crippen LogP contribution in [-0.2, 0) is 10.5 Å². The Bertz CT molecular complexity index is 1290. The lowest BCUT2D eigenvalue weighted by molar-refractivity contribution is -0.112. The Labute approximate surface area is 198 Å². The average molecular weight is 478 g/mol. The number of rotatable bonds is 7. The number of carbonyl (C=O) groups excluding carboxylic acids is 1. The molecule has 0 aliphatic rings. The monoisotopic (exact) mass is 477 g/mol. The first-order chi connectivity index (χ1) is 15.6. The van der Waals surface area contributed by atoms with Crippen LogP contribution in [0.2, 0.25) is 5.02 Å². The fourth-order valence-electron chi connectivity index (χ4n) is 2.75. The second kappa shape index (κ2) is 10.3. The zero-order valence-corrected chi connectivity index (χ0v) is 19.0. The van der Waals surface area contributed by atoms with Gasteiger partial charge in [0.05, 0.1) is 5.69 Å². The van der Waals surface area contributed by atoms with E-state index in [0.29, 0.717) is 26.8 Å². The Morgan fingerprint density at radius 2 is 1.94 bits per heavy atom. The molecule has 32 heavy (non-hydrogen) atoms. The minimum atomic E-state index is -0.534. The minimum absolute atomic E-state index is 0.0648. The molecular weight excluding hydrogens is 462 g/mol. The third-order valence-corrected chi connectivity index (χ3v) is 6.33. The number of nitrogens with zero attached hydrogens (tertiary/aromatic N) is 2. The second-order valence-corrected chi connectivity index (χ2v) is 8.87. The van der Waals surface area contributed by atoms with Gasteiger partial charge in [0.1, 0.15) is 17.4 Å². The maximum absolute atomic E-state index is 12.5. The molecule has 4 aromatic rings. The molecule has 2 heterocycles. The Balaban J connectivity index is 1.39. The van der Waals surface area contributed by atoms with Crippen molar-refractivity contribution >= 4 is 51.8 Å². The van der Waals surface area contributed by atoms with Crippen LogP contribution in [0.4, 0.5) is 5.13 Å². The van der Waals surface area contributed by atoms with Crippen molar-refractivity contribution < 1.29 is 9.21 Å². The van der Waals surface area contributed by atoms with Crippen molar-refractivity contribution in [1.82, 2.24) is 4.98 Å². The summed E-state index contributed by atoms with van der Waals surface area (Å²) in [6.45, 7) is 0. The van der Waals surface area contributed by atoms with Crippen molar-refractivity contribution in [2.75, 3.05) is 5.32 Å². The summed E-state index contributed by atoms with van der Waals surface area (Å²) >= 11 is 8.72. The van der Waals surface area contributed by atoms with Crippen molar-refractivity contribution in [1.29, 1.82) is 5.26 Å². The van der Waals surface area contributed by atoms with Crippen LogP contribution in [-0.4, -0.2) is 10.9 Å². The van der Waals surface area contributed by atoms with Gasteiger partial charge in [-0.2, -0.15) is 5.26 Å². The average Bonchev–Trinajstić information content (AvgIpc) is 3.47. The number of carbonyl (C=O) groups is 1. The third-order valence-electron chi connectivity index (χ3n) is 4.34. The molecule has 0 fully saturated rings. The number of nitrogens with one attached hydrogen (secondary N) is 1. The summed E-state index contributed by atoms with van der Waals surface area (Å²) in [6.07, 6.45) is 1.42. The minimum Gasteiger partial charge on any atom is -0.450 e. The van der Waals surface area contributed by atoms with E-state index in [1.54, 1.807) is 6.07 Å². The highest BCUT2D eigenvalue weighted by atomic mass is 35.5. The normalized spacial score (nSPS) is 11.2. The fourth-order valence-corrected chi connectivity index (χ4v) is 4.41. The number of amides is 1. The zero-order chi connectivity index (χ0) is 22.3.